The van der Waals surface area contributed by atoms with Gasteiger partial charge in [-0.05, 0) is 61.0 Å². The molecule has 20 heavy (non-hydrogen) atoms. The molecule has 1 heteroatoms. The summed E-state index contributed by atoms with van der Waals surface area (Å²) in [6, 6.07) is 0. The maximum Gasteiger partial charge on any atom is 0.0578 e. The highest BCUT2D eigenvalue weighted by atomic mass is 16.3. The Balaban J connectivity index is 1.80. The summed E-state index contributed by atoms with van der Waals surface area (Å²) in [5.41, 5.74) is 5.45. The molecule has 0 heterocycles. The van der Waals surface area contributed by atoms with Gasteiger partial charge in [0.2, 0.25) is 0 Å². The van der Waals surface area contributed by atoms with E-state index >= 15 is 0 Å². The van der Waals surface area contributed by atoms with Crippen LogP contribution in [-0.4, -0.2) is 11.2 Å². The van der Waals surface area contributed by atoms with Crippen molar-refractivity contribution >= 4 is 0 Å². The second-order valence-electron chi connectivity index (χ2n) is 7.96. The van der Waals surface area contributed by atoms with Gasteiger partial charge in [-0.3, -0.25) is 0 Å². The Morgan fingerprint density at radius 3 is 2.85 bits per heavy atom. The number of rotatable bonds is 0. The SMILES string of the molecule is CC12CCC(O)CC1=CC=C1C2=CCC2(C)CCCC12. The van der Waals surface area contributed by atoms with Crippen LogP contribution in [0.5, 0.6) is 0 Å². The second-order valence-corrected chi connectivity index (χ2v) is 7.96. The molecule has 4 aliphatic rings. The first-order valence-electron chi connectivity index (χ1n) is 8.33. The molecular weight excluding hydrogens is 244 g/mol. The monoisotopic (exact) mass is 270 g/mol. The van der Waals surface area contributed by atoms with Gasteiger partial charge in [0.25, 0.3) is 0 Å². The molecule has 2 fully saturated rings. The summed E-state index contributed by atoms with van der Waals surface area (Å²) >= 11 is 0. The number of aliphatic hydroxyl groups is 1. The Labute approximate surface area is 122 Å². The van der Waals surface area contributed by atoms with Crippen LogP contribution in [0.1, 0.15) is 58.8 Å². The van der Waals surface area contributed by atoms with Gasteiger partial charge in [-0.15, -0.1) is 0 Å². The summed E-state index contributed by atoms with van der Waals surface area (Å²) in [5, 5.41) is 9.97. The van der Waals surface area contributed by atoms with Gasteiger partial charge in [0.1, 0.15) is 0 Å². The van der Waals surface area contributed by atoms with Gasteiger partial charge in [-0.2, -0.15) is 0 Å². The minimum Gasteiger partial charge on any atom is -0.393 e. The van der Waals surface area contributed by atoms with Crippen LogP contribution in [0, 0.1) is 16.7 Å². The van der Waals surface area contributed by atoms with Crippen molar-refractivity contribution in [2.24, 2.45) is 16.7 Å². The zero-order valence-electron chi connectivity index (χ0n) is 12.8. The second kappa shape index (κ2) is 4.10. The first-order chi connectivity index (χ1) is 9.53. The van der Waals surface area contributed by atoms with Crippen LogP contribution < -0.4 is 0 Å². The predicted octanol–water partition coefficient (Wildman–Crippen LogP) is 4.54. The van der Waals surface area contributed by atoms with E-state index in [2.05, 4.69) is 32.1 Å². The van der Waals surface area contributed by atoms with Crippen LogP contribution in [0.25, 0.3) is 0 Å². The van der Waals surface area contributed by atoms with Crippen LogP contribution in [0.2, 0.25) is 0 Å². The number of hydrogen-bond donors (Lipinski definition) is 1. The van der Waals surface area contributed by atoms with E-state index in [4.69, 9.17) is 0 Å². The Hall–Kier alpha value is -0.820. The molecule has 4 unspecified atom stereocenters. The first kappa shape index (κ1) is 12.9. The van der Waals surface area contributed by atoms with E-state index in [1.54, 1.807) is 11.1 Å². The maximum absolute atomic E-state index is 9.97. The minimum absolute atomic E-state index is 0.120. The number of allylic oxidation sites excluding steroid dienone is 5. The highest BCUT2D eigenvalue weighted by molar-refractivity contribution is 5.53. The average molecular weight is 270 g/mol. The highest BCUT2D eigenvalue weighted by Gasteiger charge is 2.49. The van der Waals surface area contributed by atoms with Crippen LogP contribution >= 0.6 is 0 Å². The van der Waals surface area contributed by atoms with Gasteiger partial charge in [0.05, 0.1) is 6.10 Å². The summed E-state index contributed by atoms with van der Waals surface area (Å²) < 4.78 is 0. The van der Waals surface area contributed by atoms with Crippen molar-refractivity contribution in [3.63, 3.8) is 0 Å². The van der Waals surface area contributed by atoms with Crippen molar-refractivity contribution in [1.29, 1.82) is 0 Å². The Bertz CT molecular complexity index is 538. The third kappa shape index (κ3) is 1.59. The smallest absolute Gasteiger partial charge is 0.0578 e. The molecule has 1 nitrogen and oxygen atoms in total. The molecular formula is C19H26O. The zero-order valence-corrected chi connectivity index (χ0v) is 12.8. The third-order valence-electron chi connectivity index (χ3n) is 6.74. The van der Waals surface area contributed by atoms with Crippen LogP contribution in [0.15, 0.2) is 34.9 Å². The topological polar surface area (TPSA) is 20.2 Å². The summed E-state index contributed by atoms with van der Waals surface area (Å²) in [5.74, 6) is 0.781. The number of aliphatic hydroxyl groups excluding tert-OH is 1. The molecule has 4 aliphatic carbocycles. The van der Waals surface area contributed by atoms with Gasteiger partial charge in [0, 0.05) is 5.41 Å². The maximum atomic E-state index is 9.97. The molecule has 1 N–H and O–H groups in total. The van der Waals surface area contributed by atoms with Gasteiger partial charge < -0.3 is 5.11 Å². The molecule has 108 valence electrons. The molecule has 0 amide bonds. The molecule has 2 saturated carbocycles. The van der Waals surface area contributed by atoms with E-state index in [9.17, 15) is 5.11 Å². The van der Waals surface area contributed by atoms with Crippen molar-refractivity contribution in [3.05, 3.63) is 34.9 Å². The fourth-order valence-corrected chi connectivity index (χ4v) is 5.35. The van der Waals surface area contributed by atoms with Crippen molar-refractivity contribution in [1.82, 2.24) is 0 Å². The summed E-state index contributed by atoms with van der Waals surface area (Å²) in [6.45, 7) is 4.91. The lowest BCUT2D eigenvalue weighted by molar-refractivity contribution is 0.119. The Morgan fingerprint density at radius 1 is 1.15 bits per heavy atom. The molecule has 4 rings (SSSR count). The van der Waals surface area contributed by atoms with Crippen LogP contribution in [0.3, 0.4) is 0 Å². The number of fused-ring (bicyclic) bond motifs is 5. The van der Waals surface area contributed by atoms with E-state index in [1.165, 1.54) is 31.3 Å². The van der Waals surface area contributed by atoms with Crippen molar-refractivity contribution < 1.29 is 5.11 Å². The molecule has 0 saturated heterocycles. The fraction of sp³-hybridized carbons (Fsp3) is 0.684. The summed E-state index contributed by atoms with van der Waals surface area (Å²) in [7, 11) is 0. The lowest BCUT2D eigenvalue weighted by Crippen LogP contribution is -2.38. The average Bonchev–Trinajstić information content (AvgIpc) is 2.81. The van der Waals surface area contributed by atoms with Crippen molar-refractivity contribution in [3.8, 4) is 0 Å². The molecule has 0 aromatic carbocycles. The lowest BCUT2D eigenvalue weighted by atomic mass is 9.56. The highest BCUT2D eigenvalue weighted by Crippen LogP contribution is 2.60. The van der Waals surface area contributed by atoms with E-state index in [1.807, 2.05) is 0 Å². The summed E-state index contributed by atoms with van der Waals surface area (Å²) in [4.78, 5) is 0. The van der Waals surface area contributed by atoms with Crippen LogP contribution in [-0.2, 0) is 0 Å². The van der Waals surface area contributed by atoms with E-state index in [0.717, 1.165) is 25.2 Å². The lowest BCUT2D eigenvalue weighted by Gasteiger charge is -2.49. The van der Waals surface area contributed by atoms with Gasteiger partial charge >= 0.3 is 0 Å². The van der Waals surface area contributed by atoms with Gasteiger partial charge in [-0.25, -0.2) is 0 Å². The molecule has 4 atom stereocenters. The Kier molecular flexibility index (Phi) is 2.64. The normalized spacial score (nSPS) is 46.6. The third-order valence-corrected chi connectivity index (χ3v) is 6.74. The molecule has 0 aromatic heterocycles. The van der Waals surface area contributed by atoms with Crippen molar-refractivity contribution in [2.75, 3.05) is 0 Å². The molecule has 0 aromatic rings. The molecule has 0 spiro atoms. The van der Waals surface area contributed by atoms with E-state index in [0.29, 0.717) is 5.41 Å². The van der Waals surface area contributed by atoms with E-state index < -0.39 is 0 Å². The van der Waals surface area contributed by atoms with Gasteiger partial charge in [-0.1, -0.05) is 44.1 Å². The molecule has 0 radical (unpaired) electrons. The van der Waals surface area contributed by atoms with Crippen LogP contribution in [0.4, 0.5) is 0 Å². The fourth-order valence-electron chi connectivity index (χ4n) is 5.35. The zero-order chi connectivity index (χ0) is 14.0. The van der Waals surface area contributed by atoms with E-state index in [-0.39, 0.29) is 11.5 Å². The van der Waals surface area contributed by atoms with Crippen molar-refractivity contribution in [2.45, 2.75) is 64.9 Å². The Morgan fingerprint density at radius 2 is 2.00 bits per heavy atom. The molecule has 0 bridgehead atoms. The molecule has 0 aliphatic heterocycles. The summed E-state index contributed by atoms with van der Waals surface area (Å²) in [6.07, 6.45) is 15.6. The minimum atomic E-state index is -0.120. The quantitative estimate of drug-likeness (QED) is 0.685. The number of hydrogen-bond acceptors (Lipinski definition) is 1. The predicted molar refractivity (Wildman–Crippen MR) is 82.3 cm³/mol. The standard InChI is InChI=1S/C19H26O/c1-18-9-3-4-16(18)15-6-5-13-12-14(20)7-11-19(13,2)17(15)8-10-18/h5-6,8,14,16,20H,3-4,7,9-12H2,1-2H3. The largest absolute Gasteiger partial charge is 0.393 e. The van der Waals surface area contributed by atoms with Gasteiger partial charge in [0.15, 0.2) is 0 Å². The first-order valence-corrected chi connectivity index (χ1v) is 8.33.